The zero-order valence-corrected chi connectivity index (χ0v) is 17.2. The second-order valence-electron chi connectivity index (χ2n) is 6.77. The van der Waals surface area contributed by atoms with Crippen molar-refractivity contribution in [1.82, 2.24) is 9.55 Å². The lowest BCUT2D eigenvalue weighted by atomic mass is 10.0. The Hall–Kier alpha value is -3.24. The number of carbonyl (C=O) groups excluding carboxylic acids is 1. The van der Waals surface area contributed by atoms with Crippen LogP contribution in [0.15, 0.2) is 52.4 Å². The van der Waals surface area contributed by atoms with Gasteiger partial charge in [-0.15, -0.1) is 0 Å². The summed E-state index contributed by atoms with van der Waals surface area (Å²) in [6.45, 7) is 5.35. The summed E-state index contributed by atoms with van der Waals surface area (Å²) in [5.74, 6) is -1.51. The normalized spacial score (nSPS) is 11.8. The number of para-hydroxylation sites is 1. The number of carbonyl (C=O) groups is 1. The first-order valence-corrected chi connectivity index (χ1v) is 10.0. The third-order valence-corrected chi connectivity index (χ3v) is 5.75. The fourth-order valence-corrected chi connectivity index (χ4v) is 3.94. The van der Waals surface area contributed by atoms with E-state index in [1.807, 2.05) is 38.1 Å². The van der Waals surface area contributed by atoms with E-state index in [0.717, 1.165) is 22.9 Å². The van der Waals surface area contributed by atoms with Gasteiger partial charge in [0.2, 0.25) is 0 Å². The Morgan fingerprint density at radius 2 is 1.97 bits per heavy atom. The molecule has 6 nitrogen and oxygen atoms in total. The molecule has 3 aromatic rings. The summed E-state index contributed by atoms with van der Waals surface area (Å²) >= 11 is 1.11. The van der Waals surface area contributed by atoms with Gasteiger partial charge in [-0.3, -0.25) is 14.2 Å². The summed E-state index contributed by atoms with van der Waals surface area (Å²) in [5, 5.41) is 17.6. The second kappa shape index (κ2) is 8.41. The molecule has 0 spiro atoms. The molecule has 1 aromatic heterocycles. The summed E-state index contributed by atoms with van der Waals surface area (Å²) < 4.78 is 1.53. The number of hydrogen-bond acceptors (Lipinski definition) is 6. The van der Waals surface area contributed by atoms with Gasteiger partial charge in [-0.1, -0.05) is 36.0 Å². The standard InChI is InChI=1S/C22H20N4O2S/c1-13-7-6-10-19(14(13)2)26-21(28)16-8-4-5-9-18(16)25-22(26)29-12-20(27)17(11-23)15(3)24/h4-10,17,24H,12H2,1-3H3/t17-/m0/s1. The minimum Gasteiger partial charge on any atom is -0.308 e. The first kappa shape index (κ1) is 20.5. The van der Waals surface area contributed by atoms with E-state index in [1.54, 1.807) is 24.3 Å². The number of nitrogens with one attached hydrogen (secondary N) is 1. The Labute approximate surface area is 172 Å². The fraction of sp³-hybridized carbons (Fsp3) is 0.227. The number of nitrogens with zero attached hydrogens (tertiary/aromatic N) is 3. The van der Waals surface area contributed by atoms with Crippen LogP contribution in [0, 0.1) is 36.5 Å². The number of nitriles is 1. The quantitative estimate of drug-likeness (QED) is 0.382. The van der Waals surface area contributed by atoms with E-state index in [1.165, 1.54) is 11.5 Å². The number of rotatable bonds is 6. The molecule has 1 atom stereocenters. The average molecular weight is 404 g/mol. The monoisotopic (exact) mass is 404 g/mol. The Morgan fingerprint density at radius 1 is 1.24 bits per heavy atom. The molecule has 0 aliphatic carbocycles. The number of hydrogen-bond donors (Lipinski definition) is 1. The lowest BCUT2D eigenvalue weighted by Crippen LogP contribution is -2.25. The summed E-state index contributed by atoms with van der Waals surface area (Å²) in [6.07, 6.45) is 0. The van der Waals surface area contributed by atoms with Crippen molar-refractivity contribution in [3.05, 3.63) is 63.9 Å². The lowest BCUT2D eigenvalue weighted by Gasteiger charge is -2.16. The molecule has 3 rings (SSSR count). The van der Waals surface area contributed by atoms with Gasteiger partial charge in [-0.05, 0) is 50.1 Å². The number of Topliss-reactive ketones (excluding diaryl/α,β-unsaturated/α-hetero) is 1. The molecule has 0 bridgehead atoms. The maximum absolute atomic E-state index is 13.3. The Bertz CT molecular complexity index is 1220. The van der Waals surface area contributed by atoms with Crippen molar-refractivity contribution in [2.45, 2.75) is 25.9 Å². The lowest BCUT2D eigenvalue weighted by molar-refractivity contribution is -0.117. The third kappa shape index (κ3) is 3.98. The van der Waals surface area contributed by atoms with Gasteiger partial charge in [0.05, 0.1) is 28.4 Å². The van der Waals surface area contributed by atoms with Crippen LogP contribution in [0.2, 0.25) is 0 Å². The third-order valence-electron chi connectivity index (χ3n) is 4.79. The van der Waals surface area contributed by atoms with Crippen molar-refractivity contribution in [1.29, 1.82) is 10.7 Å². The second-order valence-corrected chi connectivity index (χ2v) is 7.71. The van der Waals surface area contributed by atoms with E-state index in [2.05, 4.69) is 4.98 Å². The van der Waals surface area contributed by atoms with Crippen molar-refractivity contribution in [3.8, 4) is 11.8 Å². The molecule has 2 aromatic carbocycles. The van der Waals surface area contributed by atoms with Gasteiger partial charge >= 0.3 is 0 Å². The molecule has 1 N–H and O–H groups in total. The molecular weight excluding hydrogens is 384 g/mol. The van der Waals surface area contributed by atoms with E-state index in [4.69, 9.17) is 10.7 Å². The Morgan fingerprint density at radius 3 is 2.66 bits per heavy atom. The molecule has 29 heavy (non-hydrogen) atoms. The Balaban J connectivity index is 2.14. The van der Waals surface area contributed by atoms with Gasteiger partial charge in [0, 0.05) is 5.71 Å². The smallest absolute Gasteiger partial charge is 0.266 e. The van der Waals surface area contributed by atoms with Crippen molar-refractivity contribution >= 4 is 34.2 Å². The summed E-state index contributed by atoms with van der Waals surface area (Å²) in [6, 6.07) is 14.7. The SMILES string of the molecule is CC(=N)[C@H](C#N)C(=O)CSc1nc2ccccc2c(=O)n1-c1cccc(C)c1C. The molecular formula is C22H20N4O2S. The van der Waals surface area contributed by atoms with E-state index >= 15 is 0 Å². The molecule has 0 fully saturated rings. The van der Waals surface area contributed by atoms with Crippen LogP contribution in [-0.4, -0.2) is 26.8 Å². The molecule has 0 amide bonds. The fourth-order valence-electron chi connectivity index (χ4n) is 3.03. The average Bonchev–Trinajstić information content (AvgIpc) is 2.69. The van der Waals surface area contributed by atoms with E-state index in [0.29, 0.717) is 21.7 Å². The van der Waals surface area contributed by atoms with Gasteiger partial charge in [0.1, 0.15) is 5.92 Å². The van der Waals surface area contributed by atoms with Crippen molar-refractivity contribution < 1.29 is 4.79 Å². The molecule has 0 unspecified atom stereocenters. The van der Waals surface area contributed by atoms with E-state index < -0.39 is 5.92 Å². The summed E-state index contributed by atoms with van der Waals surface area (Å²) in [4.78, 5) is 30.3. The molecule has 0 aliphatic rings. The highest BCUT2D eigenvalue weighted by atomic mass is 32.2. The largest absolute Gasteiger partial charge is 0.308 e. The van der Waals surface area contributed by atoms with Crippen LogP contribution in [0.4, 0.5) is 0 Å². The van der Waals surface area contributed by atoms with E-state index in [9.17, 15) is 9.59 Å². The highest BCUT2D eigenvalue weighted by Gasteiger charge is 2.22. The first-order chi connectivity index (χ1) is 13.8. The molecule has 0 aliphatic heterocycles. The van der Waals surface area contributed by atoms with Crippen LogP contribution in [-0.2, 0) is 4.79 Å². The predicted molar refractivity (Wildman–Crippen MR) is 115 cm³/mol. The Kier molecular flexibility index (Phi) is 5.95. The maximum atomic E-state index is 13.3. The number of benzene rings is 2. The molecule has 0 saturated carbocycles. The zero-order chi connectivity index (χ0) is 21.1. The highest BCUT2D eigenvalue weighted by molar-refractivity contribution is 7.99. The number of thioether (sulfide) groups is 1. The minimum atomic E-state index is -1.08. The number of aryl methyl sites for hydroxylation is 1. The highest BCUT2D eigenvalue weighted by Crippen LogP contribution is 2.25. The van der Waals surface area contributed by atoms with Crippen LogP contribution in [0.3, 0.4) is 0 Å². The molecule has 7 heteroatoms. The molecule has 1 heterocycles. The zero-order valence-electron chi connectivity index (χ0n) is 16.4. The molecule has 0 saturated heterocycles. The molecule has 0 radical (unpaired) electrons. The molecule has 146 valence electrons. The number of ketones is 1. The van der Waals surface area contributed by atoms with Gasteiger partial charge < -0.3 is 5.41 Å². The first-order valence-electron chi connectivity index (χ1n) is 9.03. The number of fused-ring (bicyclic) bond motifs is 1. The van der Waals surface area contributed by atoms with Crippen LogP contribution < -0.4 is 5.56 Å². The van der Waals surface area contributed by atoms with Crippen LogP contribution in [0.5, 0.6) is 0 Å². The van der Waals surface area contributed by atoms with Crippen molar-refractivity contribution in [2.75, 3.05) is 5.75 Å². The van der Waals surface area contributed by atoms with Crippen LogP contribution in [0.1, 0.15) is 18.1 Å². The maximum Gasteiger partial charge on any atom is 0.266 e. The summed E-state index contributed by atoms with van der Waals surface area (Å²) in [7, 11) is 0. The topological polar surface area (TPSA) is 99.6 Å². The van der Waals surface area contributed by atoms with Crippen LogP contribution in [0.25, 0.3) is 16.6 Å². The van der Waals surface area contributed by atoms with E-state index in [-0.39, 0.29) is 22.8 Å². The van der Waals surface area contributed by atoms with Gasteiger partial charge in [-0.25, -0.2) is 4.98 Å². The van der Waals surface area contributed by atoms with Crippen molar-refractivity contribution in [2.24, 2.45) is 5.92 Å². The number of aromatic nitrogens is 2. The summed E-state index contributed by atoms with van der Waals surface area (Å²) in [5.41, 5.74) is 3.05. The van der Waals surface area contributed by atoms with Gasteiger partial charge in [-0.2, -0.15) is 5.26 Å². The van der Waals surface area contributed by atoms with Crippen molar-refractivity contribution in [3.63, 3.8) is 0 Å². The van der Waals surface area contributed by atoms with Crippen LogP contribution >= 0.6 is 11.8 Å². The van der Waals surface area contributed by atoms with Gasteiger partial charge in [0.15, 0.2) is 10.9 Å². The van der Waals surface area contributed by atoms with Gasteiger partial charge in [0.25, 0.3) is 5.56 Å². The predicted octanol–water partition coefficient (Wildman–Crippen LogP) is 3.84. The minimum absolute atomic E-state index is 0.0106.